The van der Waals surface area contributed by atoms with Crippen LogP contribution in [0.1, 0.15) is 42.9 Å². The minimum atomic E-state index is 0.197. The number of fused-ring (bicyclic) bond motifs is 1. The number of hydrogen-bond donors (Lipinski definition) is 0. The second-order valence-electron chi connectivity index (χ2n) is 5.68. The van der Waals surface area contributed by atoms with E-state index >= 15 is 0 Å². The maximum absolute atomic E-state index is 12.6. The Balaban J connectivity index is 1.76. The molecule has 1 aromatic carbocycles. The molecule has 2 aliphatic rings. The van der Waals surface area contributed by atoms with Gasteiger partial charge in [0.25, 0.3) is 0 Å². The molecule has 0 aliphatic heterocycles. The normalized spacial score (nSPS) is 25.1. The first-order valence-corrected chi connectivity index (χ1v) is 7.27. The number of carbonyl (C=O) groups is 1. The van der Waals surface area contributed by atoms with E-state index in [9.17, 15) is 4.79 Å². The molecule has 1 amide bonds. The maximum atomic E-state index is 12.6. The summed E-state index contributed by atoms with van der Waals surface area (Å²) < 4.78 is 0. The van der Waals surface area contributed by atoms with E-state index in [2.05, 4.69) is 36.4 Å². The molecule has 0 spiro atoms. The SMILES string of the molecule is CN(C(=O)C1CC=CCC1)C1CCc2ccccc21. The molecule has 2 nitrogen and oxygen atoms in total. The van der Waals surface area contributed by atoms with E-state index in [1.165, 1.54) is 11.1 Å². The van der Waals surface area contributed by atoms with Gasteiger partial charge in [-0.2, -0.15) is 0 Å². The molecule has 19 heavy (non-hydrogen) atoms. The van der Waals surface area contributed by atoms with E-state index in [-0.39, 0.29) is 12.0 Å². The van der Waals surface area contributed by atoms with Crippen molar-refractivity contribution in [2.75, 3.05) is 7.05 Å². The number of nitrogens with zero attached hydrogens (tertiary/aromatic N) is 1. The predicted octanol–water partition coefficient (Wildman–Crippen LogP) is 3.49. The van der Waals surface area contributed by atoms with Crippen LogP contribution < -0.4 is 0 Å². The van der Waals surface area contributed by atoms with Gasteiger partial charge in [-0.25, -0.2) is 0 Å². The minimum absolute atomic E-state index is 0.197. The lowest BCUT2D eigenvalue weighted by Crippen LogP contribution is -2.35. The first-order valence-electron chi connectivity index (χ1n) is 7.27. The molecule has 0 N–H and O–H groups in total. The summed E-state index contributed by atoms with van der Waals surface area (Å²) in [6.07, 6.45) is 9.49. The Hall–Kier alpha value is -1.57. The summed E-state index contributed by atoms with van der Waals surface area (Å²) in [7, 11) is 1.98. The second-order valence-corrected chi connectivity index (χ2v) is 5.68. The van der Waals surface area contributed by atoms with Gasteiger partial charge in [-0.15, -0.1) is 0 Å². The van der Waals surface area contributed by atoms with Crippen LogP contribution in [-0.2, 0) is 11.2 Å². The smallest absolute Gasteiger partial charge is 0.226 e. The first-order chi connectivity index (χ1) is 9.27. The number of aryl methyl sites for hydroxylation is 1. The highest BCUT2D eigenvalue weighted by molar-refractivity contribution is 5.79. The van der Waals surface area contributed by atoms with E-state index in [4.69, 9.17) is 0 Å². The van der Waals surface area contributed by atoms with Crippen molar-refractivity contribution < 1.29 is 4.79 Å². The summed E-state index contributed by atoms with van der Waals surface area (Å²) in [5, 5.41) is 0. The number of benzene rings is 1. The Morgan fingerprint density at radius 1 is 1.21 bits per heavy atom. The third-order valence-corrected chi connectivity index (χ3v) is 4.53. The fourth-order valence-electron chi connectivity index (χ4n) is 3.40. The van der Waals surface area contributed by atoms with Gasteiger partial charge < -0.3 is 4.90 Å². The van der Waals surface area contributed by atoms with E-state index in [1.54, 1.807) is 0 Å². The Labute approximate surface area is 115 Å². The van der Waals surface area contributed by atoms with Crippen LogP contribution in [0, 0.1) is 5.92 Å². The standard InChI is InChI=1S/C17H21NO/c1-18(17(19)14-8-3-2-4-9-14)16-12-11-13-7-5-6-10-15(13)16/h2-3,5-7,10,14,16H,4,8-9,11-12H2,1H3. The molecule has 2 aliphatic carbocycles. The summed E-state index contributed by atoms with van der Waals surface area (Å²) in [5.41, 5.74) is 2.76. The molecule has 2 atom stereocenters. The zero-order valence-corrected chi connectivity index (χ0v) is 11.5. The van der Waals surface area contributed by atoms with Gasteiger partial charge in [0, 0.05) is 13.0 Å². The van der Waals surface area contributed by atoms with Gasteiger partial charge in [0.15, 0.2) is 0 Å². The van der Waals surface area contributed by atoms with Crippen molar-refractivity contribution >= 4 is 5.91 Å². The molecular weight excluding hydrogens is 234 g/mol. The number of carbonyl (C=O) groups excluding carboxylic acids is 1. The molecular formula is C17H21NO. The van der Waals surface area contributed by atoms with Gasteiger partial charge in [-0.05, 0) is 43.2 Å². The van der Waals surface area contributed by atoms with Crippen molar-refractivity contribution in [3.8, 4) is 0 Å². The molecule has 0 saturated carbocycles. The minimum Gasteiger partial charge on any atom is -0.338 e. The van der Waals surface area contributed by atoms with Crippen LogP contribution in [0.25, 0.3) is 0 Å². The van der Waals surface area contributed by atoms with Gasteiger partial charge in [0.2, 0.25) is 5.91 Å². The van der Waals surface area contributed by atoms with Crippen molar-refractivity contribution in [2.45, 2.75) is 38.1 Å². The van der Waals surface area contributed by atoms with Crippen LogP contribution in [-0.4, -0.2) is 17.9 Å². The van der Waals surface area contributed by atoms with Crippen molar-refractivity contribution in [2.24, 2.45) is 5.92 Å². The van der Waals surface area contributed by atoms with Crippen molar-refractivity contribution in [3.63, 3.8) is 0 Å². The fraction of sp³-hybridized carbons (Fsp3) is 0.471. The molecule has 3 rings (SSSR count). The molecule has 2 heteroatoms. The van der Waals surface area contributed by atoms with Gasteiger partial charge in [-0.3, -0.25) is 4.79 Å². The molecule has 2 unspecified atom stereocenters. The third-order valence-electron chi connectivity index (χ3n) is 4.53. The highest BCUT2D eigenvalue weighted by Gasteiger charge is 2.31. The summed E-state index contributed by atoms with van der Waals surface area (Å²) in [4.78, 5) is 14.6. The lowest BCUT2D eigenvalue weighted by Gasteiger charge is -2.30. The average Bonchev–Trinajstić information content (AvgIpc) is 2.90. The molecule has 1 aromatic rings. The largest absolute Gasteiger partial charge is 0.338 e. The zero-order chi connectivity index (χ0) is 13.2. The van der Waals surface area contributed by atoms with Crippen molar-refractivity contribution in [1.82, 2.24) is 4.90 Å². The number of allylic oxidation sites excluding steroid dienone is 2. The molecule has 0 fully saturated rings. The van der Waals surface area contributed by atoms with Gasteiger partial charge in [-0.1, -0.05) is 36.4 Å². The van der Waals surface area contributed by atoms with Crippen LogP contribution >= 0.6 is 0 Å². The highest BCUT2D eigenvalue weighted by Crippen LogP contribution is 2.36. The monoisotopic (exact) mass is 255 g/mol. The number of amides is 1. The zero-order valence-electron chi connectivity index (χ0n) is 11.5. The molecule has 0 radical (unpaired) electrons. The Morgan fingerprint density at radius 3 is 2.84 bits per heavy atom. The fourth-order valence-corrected chi connectivity index (χ4v) is 3.40. The summed E-state index contributed by atoms with van der Waals surface area (Å²) >= 11 is 0. The molecule has 100 valence electrons. The molecule has 0 bridgehead atoms. The van der Waals surface area contributed by atoms with Gasteiger partial charge in [0.05, 0.1) is 6.04 Å². The Kier molecular flexibility index (Phi) is 3.41. The summed E-state index contributed by atoms with van der Waals surface area (Å²) in [6.45, 7) is 0. The molecule has 0 heterocycles. The van der Waals surface area contributed by atoms with Crippen molar-refractivity contribution in [1.29, 1.82) is 0 Å². The van der Waals surface area contributed by atoms with E-state index in [1.807, 2.05) is 11.9 Å². The van der Waals surface area contributed by atoms with Crippen LogP contribution in [0.15, 0.2) is 36.4 Å². The quantitative estimate of drug-likeness (QED) is 0.741. The highest BCUT2D eigenvalue weighted by atomic mass is 16.2. The van der Waals surface area contributed by atoms with Crippen LogP contribution in [0.5, 0.6) is 0 Å². The van der Waals surface area contributed by atoms with Gasteiger partial charge >= 0.3 is 0 Å². The van der Waals surface area contributed by atoms with Crippen LogP contribution in [0.3, 0.4) is 0 Å². The molecule has 0 aromatic heterocycles. The van der Waals surface area contributed by atoms with Gasteiger partial charge in [0.1, 0.15) is 0 Å². The van der Waals surface area contributed by atoms with E-state index in [0.717, 1.165) is 32.1 Å². The predicted molar refractivity (Wildman–Crippen MR) is 76.8 cm³/mol. The Bertz CT molecular complexity index is 506. The van der Waals surface area contributed by atoms with Crippen LogP contribution in [0.4, 0.5) is 0 Å². The number of rotatable bonds is 2. The molecule has 0 saturated heterocycles. The van der Waals surface area contributed by atoms with Crippen molar-refractivity contribution in [3.05, 3.63) is 47.5 Å². The number of hydrogen-bond acceptors (Lipinski definition) is 1. The topological polar surface area (TPSA) is 20.3 Å². The lowest BCUT2D eigenvalue weighted by atomic mass is 9.92. The lowest BCUT2D eigenvalue weighted by molar-refractivity contribution is -0.136. The first kappa shape index (κ1) is 12.5. The van der Waals surface area contributed by atoms with E-state index < -0.39 is 0 Å². The maximum Gasteiger partial charge on any atom is 0.226 e. The van der Waals surface area contributed by atoms with Crippen LogP contribution in [0.2, 0.25) is 0 Å². The summed E-state index contributed by atoms with van der Waals surface area (Å²) in [5.74, 6) is 0.522. The van der Waals surface area contributed by atoms with E-state index in [0.29, 0.717) is 5.91 Å². The summed E-state index contributed by atoms with van der Waals surface area (Å²) in [6, 6.07) is 8.83. The Morgan fingerprint density at radius 2 is 2.05 bits per heavy atom. The average molecular weight is 255 g/mol. The third kappa shape index (κ3) is 2.32. The second kappa shape index (κ2) is 5.20.